The second-order valence-electron chi connectivity index (χ2n) is 10.9. The maximum absolute atomic E-state index is 5.21. The van der Waals surface area contributed by atoms with E-state index in [0.29, 0.717) is 0 Å². The monoisotopic (exact) mass is 561 g/mol. The van der Waals surface area contributed by atoms with Gasteiger partial charge in [0.1, 0.15) is 0 Å². The van der Waals surface area contributed by atoms with E-state index < -0.39 is 0 Å². The molecule has 0 atom stereocenters. The Hall–Kier alpha value is -6.07. The zero-order valence-corrected chi connectivity index (χ0v) is 23.5. The lowest BCUT2D eigenvalue weighted by Crippen LogP contribution is -1.94. The Morgan fingerprint density at radius 2 is 1.14 bits per heavy atom. The van der Waals surface area contributed by atoms with E-state index in [4.69, 9.17) is 15.0 Å². The molecule has 4 aromatic carbocycles. The molecule has 0 saturated carbocycles. The SMILES string of the molecule is c1ccc(-c2c3ccccc3nc3c2ccc2ccc(-c4ccc(-c5cc6cccnc6c6ncccc56)cc4)nc23)nc1. The van der Waals surface area contributed by atoms with Crippen molar-refractivity contribution in [3.63, 3.8) is 0 Å². The summed E-state index contributed by atoms with van der Waals surface area (Å²) in [6, 6.07) is 41.8. The van der Waals surface area contributed by atoms with Crippen LogP contribution in [-0.2, 0) is 0 Å². The molecule has 0 bridgehead atoms. The Bertz CT molecular complexity index is 2540. The Morgan fingerprint density at radius 1 is 0.386 bits per heavy atom. The highest BCUT2D eigenvalue weighted by Gasteiger charge is 2.16. The molecular weight excluding hydrogens is 538 g/mol. The number of para-hydroxylation sites is 1. The largest absolute Gasteiger partial charge is 0.256 e. The number of fused-ring (bicyclic) bond motifs is 7. The highest BCUT2D eigenvalue weighted by atomic mass is 14.8. The van der Waals surface area contributed by atoms with Crippen molar-refractivity contribution in [2.24, 2.45) is 0 Å². The Morgan fingerprint density at radius 3 is 2.02 bits per heavy atom. The molecule has 5 heterocycles. The molecule has 0 amide bonds. The number of hydrogen-bond acceptors (Lipinski definition) is 5. The topological polar surface area (TPSA) is 64.5 Å². The highest BCUT2D eigenvalue weighted by molar-refractivity contribution is 6.16. The minimum absolute atomic E-state index is 0.879. The number of benzene rings is 4. The van der Waals surface area contributed by atoms with Crippen LogP contribution in [0.2, 0.25) is 0 Å². The fourth-order valence-electron chi connectivity index (χ4n) is 6.32. The molecule has 44 heavy (non-hydrogen) atoms. The van der Waals surface area contributed by atoms with E-state index in [0.717, 1.165) is 88.2 Å². The van der Waals surface area contributed by atoms with Gasteiger partial charge in [-0.3, -0.25) is 15.0 Å². The van der Waals surface area contributed by atoms with Crippen LogP contribution in [-0.4, -0.2) is 24.9 Å². The van der Waals surface area contributed by atoms with Crippen molar-refractivity contribution in [3.8, 4) is 33.6 Å². The Balaban J connectivity index is 1.21. The average Bonchev–Trinajstić information content (AvgIpc) is 3.10. The number of rotatable bonds is 3. The maximum atomic E-state index is 5.21. The number of hydrogen-bond donors (Lipinski definition) is 0. The predicted molar refractivity (Wildman–Crippen MR) is 179 cm³/mol. The average molecular weight is 562 g/mol. The molecule has 0 radical (unpaired) electrons. The molecule has 9 rings (SSSR count). The first-order valence-corrected chi connectivity index (χ1v) is 14.6. The van der Waals surface area contributed by atoms with E-state index in [-0.39, 0.29) is 0 Å². The van der Waals surface area contributed by atoms with Gasteiger partial charge >= 0.3 is 0 Å². The summed E-state index contributed by atoms with van der Waals surface area (Å²) in [6.45, 7) is 0. The Kier molecular flexibility index (Phi) is 5.43. The summed E-state index contributed by atoms with van der Waals surface area (Å²) >= 11 is 0. The van der Waals surface area contributed by atoms with Crippen LogP contribution in [0.5, 0.6) is 0 Å². The van der Waals surface area contributed by atoms with Gasteiger partial charge in [-0.15, -0.1) is 0 Å². The summed E-state index contributed by atoms with van der Waals surface area (Å²) in [7, 11) is 0. The van der Waals surface area contributed by atoms with Crippen LogP contribution < -0.4 is 0 Å². The zero-order valence-electron chi connectivity index (χ0n) is 23.5. The molecular formula is C39H23N5. The molecule has 0 saturated heterocycles. The molecule has 0 aliphatic carbocycles. The summed E-state index contributed by atoms with van der Waals surface area (Å²) in [4.78, 5) is 24.3. The Labute approximate surface area is 252 Å². The van der Waals surface area contributed by atoms with Gasteiger partial charge in [0.05, 0.1) is 39.0 Å². The van der Waals surface area contributed by atoms with E-state index in [1.807, 2.05) is 48.9 Å². The van der Waals surface area contributed by atoms with Gasteiger partial charge in [0, 0.05) is 56.6 Å². The van der Waals surface area contributed by atoms with Crippen LogP contribution in [0.25, 0.3) is 88.2 Å². The summed E-state index contributed by atoms with van der Waals surface area (Å²) < 4.78 is 0. The lowest BCUT2D eigenvalue weighted by Gasteiger charge is -2.13. The fourth-order valence-corrected chi connectivity index (χ4v) is 6.32. The lowest BCUT2D eigenvalue weighted by molar-refractivity contribution is 1.33. The third-order valence-electron chi connectivity index (χ3n) is 8.38. The van der Waals surface area contributed by atoms with Crippen molar-refractivity contribution in [1.82, 2.24) is 24.9 Å². The van der Waals surface area contributed by atoms with Crippen LogP contribution in [0.4, 0.5) is 0 Å². The van der Waals surface area contributed by atoms with E-state index in [9.17, 15) is 0 Å². The van der Waals surface area contributed by atoms with Crippen molar-refractivity contribution in [3.05, 3.63) is 140 Å². The molecule has 0 aliphatic heterocycles. The fraction of sp³-hybridized carbons (Fsp3) is 0. The number of nitrogens with zero attached hydrogens (tertiary/aromatic N) is 5. The highest BCUT2D eigenvalue weighted by Crippen LogP contribution is 2.38. The summed E-state index contributed by atoms with van der Waals surface area (Å²) in [5.74, 6) is 0. The first-order chi connectivity index (χ1) is 21.8. The number of pyridine rings is 5. The molecule has 5 heteroatoms. The normalized spacial score (nSPS) is 11.6. The molecule has 0 aliphatic rings. The van der Waals surface area contributed by atoms with Crippen molar-refractivity contribution in [2.75, 3.05) is 0 Å². The first kappa shape index (κ1) is 24.5. The van der Waals surface area contributed by atoms with Gasteiger partial charge in [-0.1, -0.05) is 78.9 Å². The summed E-state index contributed by atoms with van der Waals surface area (Å²) in [5, 5.41) is 5.34. The van der Waals surface area contributed by atoms with Crippen LogP contribution in [0.15, 0.2) is 140 Å². The van der Waals surface area contributed by atoms with Crippen molar-refractivity contribution < 1.29 is 0 Å². The van der Waals surface area contributed by atoms with E-state index >= 15 is 0 Å². The molecule has 9 aromatic rings. The van der Waals surface area contributed by atoms with Gasteiger partial charge in [-0.25, -0.2) is 9.97 Å². The first-order valence-electron chi connectivity index (χ1n) is 14.6. The summed E-state index contributed by atoms with van der Waals surface area (Å²) in [6.07, 6.45) is 5.49. The molecule has 204 valence electrons. The molecule has 0 spiro atoms. The number of aromatic nitrogens is 5. The van der Waals surface area contributed by atoms with E-state index in [1.165, 1.54) is 0 Å². The molecule has 0 fully saturated rings. The van der Waals surface area contributed by atoms with Gasteiger partial charge in [-0.05, 0) is 53.6 Å². The predicted octanol–water partition coefficient (Wildman–Crippen LogP) is 9.43. The molecule has 0 N–H and O–H groups in total. The standard InChI is InChI=1S/C39H23N5/c1-2-10-33-29(8-1)35(34-11-3-4-20-40-34)30-18-16-26-17-19-32(43-37(26)39(30)44-33)25-14-12-24(13-15-25)31-23-27-7-5-21-41-36(27)38-28(31)9-6-22-42-38/h1-23H. The van der Waals surface area contributed by atoms with Crippen LogP contribution in [0, 0.1) is 0 Å². The van der Waals surface area contributed by atoms with Crippen LogP contribution >= 0.6 is 0 Å². The van der Waals surface area contributed by atoms with Crippen molar-refractivity contribution in [1.29, 1.82) is 0 Å². The van der Waals surface area contributed by atoms with Crippen LogP contribution in [0.3, 0.4) is 0 Å². The third-order valence-corrected chi connectivity index (χ3v) is 8.38. The smallest absolute Gasteiger partial charge is 0.0979 e. The van der Waals surface area contributed by atoms with Gasteiger partial charge in [0.2, 0.25) is 0 Å². The van der Waals surface area contributed by atoms with Crippen molar-refractivity contribution >= 4 is 54.5 Å². The summed E-state index contributed by atoms with van der Waals surface area (Å²) in [5.41, 5.74) is 10.7. The molecule has 0 unspecified atom stereocenters. The van der Waals surface area contributed by atoms with Gasteiger partial charge in [0.25, 0.3) is 0 Å². The van der Waals surface area contributed by atoms with Gasteiger partial charge < -0.3 is 0 Å². The third kappa shape index (κ3) is 3.83. The lowest BCUT2D eigenvalue weighted by atomic mass is 9.96. The molecule has 5 aromatic heterocycles. The van der Waals surface area contributed by atoms with Gasteiger partial charge in [-0.2, -0.15) is 0 Å². The van der Waals surface area contributed by atoms with E-state index in [2.05, 4.69) is 101 Å². The second-order valence-corrected chi connectivity index (χ2v) is 10.9. The molecule has 5 nitrogen and oxygen atoms in total. The maximum Gasteiger partial charge on any atom is 0.0979 e. The van der Waals surface area contributed by atoms with Gasteiger partial charge in [0.15, 0.2) is 0 Å². The minimum atomic E-state index is 0.879. The van der Waals surface area contributed by atoms with Crippen molar-refractivity contribution in [2.45, 2.75) is 0 Å². The second kappa shape index (κ2) is 9.75. The minimum Gasteiger partial charge on any atom is -0.256 e. The van der Waals surface area contributed by atoms with Crippen LogP contribution in [0.1, 0.15) is 0 Å². The quantitative estimate of drug-likeness (QED) is 0.159. The zero-order chi connectivity index (χ0) is 29.0. The van der Waals surface area contributed by atoms with E-state index in [1.54, 1.807) is 0 Å².